The monoisotopic (exact) mass is 459 g/mol. The normalized spacial score (nSPS) is 14.4. The molecule has 0 spiro atoms. The number of ether oxygens (including phenoxy) is 1. The highest BCUT2D eigenvalue weighted by atomic mass is 79.9. The van der Waals surface area contributed by atoms with Gasteiger partial charge in [0.15, 0.2) is 0 Å². The minimum atomic E-state index is -0.0329. The van der Waals surface area contributed by atoms with Crippen LogP contribution in [0.1, 0.15) is 31.2 Å². The van der Waals surface area contributed by atoms with Crippen molar-refractivity contribution in [3.63, 3.8) is 0 Å². The number of nitrogens with one attached hydrogen (secondary N) is 1. The van der Waals surface area contributed by atoms with Crippen molar-refractivity contribution in [1.29, 1.82) is 0 Å². The van der Waals surface area contributed by atoms with Crippen molar-refractivity contribution in [2.75, 3.05) is 19.7 Å². The summed E-state index contributed by atoms with van der Waals surface area (Å²) < 4.78 is 6.62. The Bertz CT molecular complexity index is 808. The van der Waals surface area contributed by atoms with Gasteiger partial charge in [-0.2, -0.15) is 0 Å². The molecule has 1 fully saturated rings. The fourth-order valence-corrected chi connectivity index (χ4v) is 3.75. The highest BCUT2D eigenvalue weighted by Crippen LogP contribution is 2.24. The van der Waals surface area contributed by atoms with Crippen LogP contribution in [0.5, 0.6) is 5.75 Å². The first-order chi connectivity index (χ1) is 14.1. The number of amides is 2. The van der Waals surface area contributed by atoms with Crippen molar-refractivity contribution in [2.45, 2.75) is 32.2 Å². The van der Waals surface area contributed by atoms with Gasteiger partial charge in [-0.05, 0) is 59.0 Å². The second-order valence-corrected chi connectivity index (χ2v) is 7.97. The molecule has 1 aromatic heterocycles. The van der Waals surface area contributed by atoms with Crippen molar-refractivity contribution in [3.8, 4) is 5.75 Å². The van der Waals surface area contributed by atoms with Crippen molar-refractivity contribution in [3.05, 3.63) is 58.8 Å². The molecule has 1 aliphatic rings. The van der Waals surface area contributed by atoms with Gasteiger partial charge in [0.2, 0.25) is 11.8 Å². The van der Waals surface area contributed by atoms with Crippen LogP contribution in [-0.4, -0.2) is 41.4 Å². The number of likely N-dealkylation sites (tertiary alicyclic amines) is 1. The number of rotatable bonds is 8. The number of hydrogen-bond acceptors (Lipinski definition) is 4. The number of carbonyl (C=O) groups excluding carboxylic acids is 2. The van der Waals surface area contributed by atoms with Crippen LogP contribution in [0.15, 0.2) is 53.3 Å². The maximum Gasteiger partial charge on any atom is 0.223 e. The summed E-state index contributed by atoms with van der Waals surface area (Å²) >= 11 is 3.45. The molecule has 1 aromatic carbocycles. The van der Waals surface area contributed by atoms with Gasteiger partial charge < -0.3 is 15.0 Å². The van der Waals surface area contributed by atoms with Crippen LogP contribution < -0.4 is 10.1 Å². The first-order valence-electron chi connectivity index (χ1n) is 9.95. The van der Waals surface area contributed by atoms with E-state index in [0.717, 1.165) is 15.8 Å². The van der Waals surface area contributed by atoms with Crippen molar-refractivity contribution in [2.24, 2.45) is 5.92 Å². The van der Waals surface area contributed by atoms with E-state index in [1.54, 1.807) is 12.4 Å². The number of hydrogen-bond donors (Lipinski definition) is 1. The summed E-state index contributed by atoms with van der Waals surface area (Å²) in [5, 5.41) is 2.97. The van der Waals surface area contributed by atoms with Crippen molar-refractivity contribution in [1.82, 2.24) is 15.2 Å². The molecular weight excluding hydrogens is 434 g/mol. The number of halogens is 1. The summed E-state index contributed by atoms with van der Waals surface area (Å²) in [7, 11) is 0. The van der Waals surface area contributed by atoms with E-state index in [1.807, 2.05) is 41.3 Å². The molecule has 2 heterocycles. The van der Waals surface area contributed by atoms with E-state index >= 15 is 0 Å². The predicted octanol–water partition coefficient (Wildman–Crippen LogP) is 3.56. The maximum absolute atomic E-state index is 12.4. The van der Waals surface area contributed by atoms with Gasteiger partial charge in [-0.1, -0.05) is 18.2 Å². The third-order valence-electron chi connectivity index (χ3n) is 5.04. The molecule has 0 bridgehead atoms. The Morgan fingerprint density at radius 2 is 1.97 bits per heavy atom. The zero-order valence-corrected chi connectivity index (χ0v) is 17.9. The van der Waals surface area contributed by atoms with E-state index in [-0.39, 0.29) is 17.7 Å². The van der Waals surface area contributed by atoms with Gasteiger partial charge in [0.25, 0.3) is 0 Å². The number of benzene rings is 1. The van der Waals surface area contributed by atoms with E-state index in [4.69, 9.17) is 4.74 Å². The molecule has 0 aliphatic carbocycles. The van der Waals surface area contributed by atoms with Gasteiger partial charge in [-0.15, -0.1) is 0 Å². The number of pyridine rings is 1. The summed E-state index contributed by atoms with van der Waals surface area (Å²) in [4.78, 5) is 30.7. The summed E-state index contributed by atoms with van der Waals surface area (Å²) in [6.45, 7) is 2.26. The highest BCUT2D eigenvalue weighted by molar-refractivity contribution is 9.10. The Hall–Kier alpha value is -2.41. The first-order valence-corrected chi connectivity index (χ1v) is 10.7. The van der Waals surface area contributed by atoms with E-state index in [1.165, 1.54) is 0 Å². The predicted molar refractivity (Wildman–Crippen MR) is 114 cm³/mol. The SMILES string of the molecule is O=C(NCc1cccnc1)C1CCN(C(=O)CCCOc2ccccc2Br)CC1. The second kappa shape index (κ2) is 11.0. The van der Waals surface area contributed by atoms with E-state index in [9.17, 15) is 9.59 Å². The molecule has 0 atom stereocenters. The number of para-hydroxylation sites is 1. The average molecular weight is 460 g/mol. The molecule has 0 saturated carbocycles. The minimum Gasteiger partial charge on any atom is -0.492 e. The molecule has 7 heteroatoms. The Labute approximate surface area is 179 Å². The molecule has 1 aliphatic heterocycles. The number of carbonyl (C=O) groups is 2. The zero-order chi connectivity index (χ0) is 20.5. The Morgan fingerprint density at radius 3 is 2.69 bits per heavy atom. The topological polar surface area (TPSA) is 71.5 Å². The molecule has 29 heavy (non-hydrogen) atoms. The Morgan fingerprint density at radius 1 is 1.17 bits per heavy atom. The average Bonchev–Trinajstić information content (AvgIpc) is 2.77. The molecule has 1 N–H and O–H groups in total. The van der Waals surface area contributed by atoms with Crippen LogP contribution in [0.4, 0.5) is 0 Å². The molecule has 6 nitrogen and oxygen atoms in total. The van der Waals surface area contributed by atoms with Gasteiger partial charge in [0, 0.05) is 44.4 Å². The molecule has 3 rings (SSSR count). The fraction of sp³-hybridized carbons (Fsp3) is 0.409. The number of aromatic nitrogens is 1. The zero-order valence-electron chi connectivity index (χ0n) is 16.4. The Kier molecular flexibility index (Phi) is 8.04. The van der Waals surface area contributed by atoms with E-state index in [2.05, 4.69) is 26.2 Å². The lowest BCUT2D eigenvalue weighted by Crippen LogP contribution is -2.42. The highest BCUT2D eigenvalue weighted by Gasteiger charge is 2.26. The van der Waals surface area contributed by atoms with Crippen LogP contribution in [0.3, 0.4) is 0 Å². The lowest BCUT2D eigenvalue weighted by atomic mass is 9.95. The first kappa shape index (κ1) is 21.3. The quantitative estimate of drug-likeness (QED) is 0.612. The van der Waals surface area contributed by atoms with Gasteiger partial charge in [0.1, 0.15) is 5.75 Å². The summed E-state index contributed by atoms with van der Waals surface area (Å²) in [5.74, 6) is 0.949. The lowest BCUT2D eigenvalue weighted by Gasteiger charge is -2.31. The summed E-state index contributed by atoms with van der Waals surface area (Å²) in [6.07, 6.45) is 6.01. The molecule has 2 amide bonds. The molecule has 2 aromatic rings. The van der Waals surface area contributed by atoms with Crippen molar-refractivity contribution < 1.29 is 14.3 Å². The van der Waals surface area contributed by atoms with Crippen LogP contribution in [0.25, 0.3) is 0 Å². The van der Waals surface area contributed by atoms with Crippen LogP contribution in [-0.2, 0) is 16.1 Å². The van der Waals surface area contributed by atoms with E-state index < -0.39 is 0 Å². The summed E-state index contributed by atoms with van der Waals surface area (Å²) in [6, 6.07) is 11.5. The largest absolute Gasteiger partial charge is 0.492 e. The third-order valence-corrected chi connectivity index (χ3v) is 5.69. The van der Waals surface area contributed by atoms with Gasteiger partial charge in [-0.25, -0.2) is 0 Å². The molecular formula is C22H26BrN3O3. The maximum atomic E-state index is 12.4. The minimum absolute atomic E-state index is 0.0329. The smallest absolute Gasteiger partial charge is 0.223 e. The van der Waals surface area contributed by atoms with Crippen LogP contribution in [0.2, 0.25) is 0 Å². The molecule has 0 unspecified atom stereocenters. The van der Waals surface area contributed by atoms with Gasteiger partial charge in [-0.3, -0.25) is 14.6 Å². The number of piperidine rings is 1. The lowest BCUT2D eigenvalue weighted by molar-refractivity contribution is -0.135. The Balaban J connectivity index is 1.32. The van der Waals surface area contributed by atoms with Crippen molar-refractivity contribution >= 4 is 27.7 Å². The third kappa shape index (κ3) is 6.56. The second-order valence-electron chi connectivity index (χ2n) is 7.12. The van der Waals surface area contributed by atoms with E-state index in [0.29, 0.717) is 51.9 Å². The summed E-state index contributed by atoms with van der Waals surface area (Å²) in [5.41, 5.74) is 0.984. The van der Waals surface area contributed by atoms with Gasteiger partial charge >= 0.3 is 0 Å². The van der Waals surface area contributed by atoms with Crippen LogP contribution >= 0.6 is 15.9 Å². The number of nitrogens with zero attached hydrogens (tertiary/aromatic N) is 2. The molecule has 154 valence electrons. The fourth-order valence-electron chi connectivity index (χ4n) is 3.35. The molecule has 0 radical (unpaired) electrons. The van der Waals surface area contributed by atoms with Gasteiger partial charge in [0.05, 0.1) is 11.1 Å². The molecule has 1 saturated heterocycles. The van der Waals surface area contributed by atoms with Crippen LogP contribution in [0, 0.1) is 5.92 Å². The standard InChI is InChI=1S/C22H26BrN3O3/c23-19-6-1-2-7-20(19)29-14-4-8-21(27)26-12-9-18(10-13-26)22(28)25-16-17-5-3-11-24-15-17/h1-3,5-7,11,15,18H,4,8-10,12-14,16H2,(H,25,28).